The molecule has 5 nitrogen and oxygen atoms in total. The number of thiophene rings is 1. The van der Waals surface area contributed by atoms with Crippen molar-refractivity contribution in [1.29, 1.82) is 0 Å². The summed E-state index contributed by atoms with van der Waals surface area (Å²) in [5.74, 6) is 1.26. The van der Waals surface area contributed by atoms with E-state index in [0.717, 1.165) is 13.0 Å². The molecule has 1 heterocycles. The van der Waals surface area contributed by atoms with E-state index in [2.05, 4.69) is 26.4 Å². The van der Waals surface area contributed by atoms with Gasteiger partial charge in [0.15, 0.2) is 5.96 Å². The lowest BCUT2D eigenvalue weighted by Gasteiger charge is -2.15. The van der Waals surface area contributed by atoms with Crippen LogP contribution in [0.3, 0.4) is 0 Å². The molecule has 144 valence electrons. The van der Waals surface area contributed by atoms with Crippen LogP contribution >= 0.6 is 35.3 Å². The van der Waals surface area contributed by atoms with E-state index in [9.17, 15) is 8.78 Å². The number of nitrogens with one attached hydrogen (secondary N) is 2. The average Bonchev–Trinajstić information content (AvgIpc) is 3.12. The Morgan fingerprint density at radius 3 is 2.69 bits per heavy atom. The Balaban J connectivity index is 0.00000338. The molecule has 0 radical (unpaired) electrons. The van der Waals surface area contributed by atoms with Crippen LogP contribution in [-0.2, 0) is 13.0 Å². The summed E-state index contributed by atoms with van der Waals surface area (Å²) in [5.41, 5.74) is 0.556. The summed E-state index contributed by atoms with van der Waals surface area (Å²) in [6.07, 6.45) is 0.886. The van der Waals surface area contributed by atoms with Gasteiger partial charge in [-0.1, -0.05) is 6.07 Å². The Hall–Kier alpha value is -1.62. The standard InChI is InChI=1S/C17H21F2N3O2S.HI/c1-20-17(21-8-7-14-4-3-9-25-14)22-11-12-10-13(23-2)5-6-15(12)24-16(18)19;/h3-6,9-10,16H,7-8,11H2,1-2H3,(H2,20,21,22);1H. The minimum atomic E-state index is -2.88. The third kappa shape index (κ3) is 7.32. The highest BCUT2D eigenvalue weighted by Gasteiger charge is 2.11. The highest BCUT2D eigenvalue weighted by molar-refractivity contribution is 14.0. The van der Waals surface area contributed by atoms with Crippen LogP contribution in [0.2, 0.25) is 0 Å². The Morgan fingerprint density at radius 2 is 2.08 bits per heavy atom. The number of guanidine groups is 1. The molecule has 26 heavy (non-hydrogen) atoms. The normalized spacial score (nSPS) is 11.0. The first-order chi connectivity index (χ1) is 12.1. The van der Waals surface area contributed by atoms with Crippen LogP contribution in [0.4, 0.5) is 8.78 Å². The molecule has 0 unspecified atom stereocenters. The zero-order chi connectivity index (χ0) is 18.1. The quantitative estimate of drug-likeness (QED) is 0.330. The molecule has 0 aliphatic carbocycles. The van der Waals surface area contributed by atoms with Gasteiger partial charge < -0.3 is 20.1 Å². The third-order valence-corrected chi connectivity index (χ3v) is 4.33. The Labute approximate surface area is 172 Å². The topological polar surface area (TPSA) is 54.9 Å². The number of hydrogen-bond donors (Lipinski definition) is 2. The molecule has 0 fully saturated rings. The maximum Gasteiger partial charge on any atom is 0.387 e. The van der Waals surface area contributed by atoms with Crippen molar-refractivity contribution in [3.05, 3.63) is 46.2 Å². The van der Waals surface area contributed by atoms with Gasteiger partial charge in [0.05, 0.1) is 7.11 Å². The maximum atomic E-state index is 12.5. The molecule has 0 amide bonds. The average molecular weight is 497 g/mol. The van der Waals surface area contributed by atoms with Crippen molar-refractivity contribution in [3.8, 4) is 11.5 Å². The molecule has 9 heteroatoms. The van der Waals surface area contributed by atoms with Gasteiger partial charge in [0.25, 0.3) is 0 Å². The summed E-state index contributed by atoms with van der Waals surface area (Å²) < 4.78 is 34.8. The summed E-state index contributed by atoms with van der Waals surface area (Å²) in [5, 5.41) is 8.32. The van der Waals surface area contributed by atoms with Crippen LogP contribution in [0.25, 0.3) is 0 Å². The van der Waals surface area contributed by atoms with E-state index < -0.39 is 6.61 Å². The van der Waals surface area contributed by atoms with E-state index in [1.54, 1.807) is 30.5 Å². The number of methoxy groups -OCH3 is 1. The molecule has 2 N–H and O–H groups in total. The van der Waals surface area contributed by atoms with E-state index in [1.165, 1.54) is 18.1 Å². The number of aliphatic imine (C=N–C) groups is 1. The molecule has 0 atom stereocenters. The number of benzene rings is 1. The Bertz CT molecular complexity index is 685. The number of nitrogens with zero attached hydrogens (tertiary/aromatic N) is 1. The molecule has 0 saturated heterocycles. The van der Waals surface area contributed by atoms with Crippen molar-refractivity contribution >= 4 is 41.3 Å². The second-order valence-corrected chi connectivity index (χ2v) is 6.07. The number of alkyl halides is 2. The highest BCUT2D eigenvalue weighted by atomic mass is 127. The number of halogens is 3. The summed E-state index contributed by atoms with van der Waals surface area (Å²) >= 11 is 1.70. The van der Waals surface area contributed by atoms with Gasteiger partial charge in [-0.15, -0.1) is 35.3 Å². The first-order valence-corrected chi connectivity index (χ1v) is 8.59. The smallest absolute Gasteiger partial charge is 0.387 e. The minimum absolute atomic E-state index is 0. The van der Waals surface area contributed by atoms with Gasteiger partial charge in [0.2, 0.25) is 0 Å². The molecule has 0 spiro atoms. The zero-order valence-corrected chi connectivity index (χ0v) is 17.6. The van der Waals surface area contributed by atoms with Crippen LogP contribution in [0.5, 0.6) is 11.5 Å². The molecule has 0 aliphatic rings. The fourth-order valence-corrected chi connectivity index (χ4v) is 2.90. The van der Waals surface area contributed by atoms with Gasteiger partial charge in [0, 0.05) is 30.6 Å². The molecule has 0 aliphatic heterocycles. The van der Waals surface area contributed by atoms with Crippen LogP contribution in [0.1, 0.15) is 10.4 Å². The van der Waals surface area contributed by atoms with Crippen LogP contribution in [0.15, 0.2) is 40.7 Å². The van der Waals surface area contributed by atoms with Crippen LogP contribution < -0.4 is 20.1 Å². The molecule has 0 bridgehead atoms. The number of ether oxygens (including phenoxy) is 2. The van der Waals surface area contributed by atoms with Gasteiger partial charge in [-0.05, 0) is 36.1 Å². The lowest BCUT2D eigenvalue weighted by Crippen LogP contribution is -2.37. The van der Waals surface area contributed by atoms with Gasteiger partial charge in [0.1, 0.15) is 11.5 Å². The summed E-state index contributed by atoms with van der Waals surface area (Å²) in [7, 11) is 3.17. The van der Waals surface area contributed by atoms with E-state index in [4.69, 9.17) is 4.74 Å². The zero-order valence-electron chi connectivity index (χ0n) is 14.5. The van der Waals surface area contributed by atoms with Crippen molar-refractivity contribution < 1.29 is 18.3 Å². The van der Waals surface area contributed by atoms with E-state index in [1.807, 2.05) is 11.4 Å². The second-order valence-electron chi connectivity index (χ2n) is 5.03. The summed E-state index contributed by atoms with van der Waals surface area (Å²) in [6.45, 7) is -1.88. The Morgan fingerprint density at radius 1 is 1.27 bits per heavy atom. The van der Waals surface area contributed by atoms with Crippen LogP contribution in [-0.4, -0.2) is 33.3 Å². The predicted octanol–water partition coefficient (Wildman–Crippen LogP) is 3.88. The predicted molar refractivity (Wildman–Crippen MR) is 111 cm³/mol. The van der Waals surface area contributed by atoms with E-state index in [-0.39, 0.29) is 36.3 Å². The number of rotatable bonds is 8. The largest absolute Gasteiger partial charge is 0.497 e. The minimum Gasteiger partial charge on any atom is -0.497 e. The van der Waals surface area contributed by atoms with E-state index >= 15 is 0 Å². The lowest BCUT2D eigenvalue weighted by molar-refractivity contribution is -0.0504. The van der Waals surface area contributed by atoms with Crippen molar-refractivity contribution in [3.63, 3.8) is 0 Å². The molecule has 2 aromatic rings. The first kappa shape index (κ1) is 22.4. The van der Waals surface area contributed by atoms with Gasteiger partial charge in [-0.25, -0.2) is 0 Å². The third-order valence-electron chi connectivity index (χ3n) is 3.40. The molecular weight excluding hydrogens is 475 g/mol. The molecule has 1 aromatic heterocycles. The van der Waals surface area contributed by atoms with Gasteiger partial charge >= 0.3 is 6.61 Å². The maximum absolute atomic E-state index is 12.5. The molecular formula is C17H22F2IN3O2S. The number of hydrogen-bond acceptors (Lipinski definition) is 4. The Kier molecular flexibility index (Phi) is 10.3. The first-order valence-electron chi connectivity index (χ1n) is 7.71. The van der Waals surface area contributed by atoms with Gasteiger partial charge in [-0.2, -0.15) is 8.78 Å². The van der Waals surface area contributed by atoms with Crippen molar-refractivity contribution in [1.82, 2.24) is 10.6 Å². The molecule has 0 saturated carbocycles. The summed E-state index contributed by atoms with van der Waals surface area (Å²) in [6, 6.07) is 8.79. The fourth-order valence-electron chi connectivity index (χ4n) is 2.19. The SMILES string of the molecule is CN=C(NCCc1cccs1)NCc1cc(OC)ccc1OC(F)F.I. The lowest BCUT2D eigenvalue weighted by atomic mass is 10.2. The fraction of sp³-hybridized carbons (Fsp3) is 0.353. The van der Waals surface area contributed by atoms with Crippen molar-refractivity contribution in [2.75, 3.05) is 20.7 Å². The van der Waals surface area contributed by atoms with Crippen LogP contribution in [0, 0.1) is 0 Å². The van der Waals surface area contributed by atoms with Crippen molar-refractivity contribution in [2.24, 2.45) is 4.99 Å². The molecule has 1 aromatic carbocycles. The monoisotopic (exact) mass is 497 g/mol. The summed E-state index contributed by atoms with van der Waals surface area (Å²) in [4.78, 5) is 5.41. The second kappa shape index (κ2) is 11.9. The van der Waals surface area contributed by atoms with E-state index in [0.29, 0.717) is 17.3 Å². The molecule has 2 rings (SSSR count). The van der Waals surface area contributed by atoms with Gasteiger partial charge in [-0.3, -0.25) is 4.99 Å². The highest BCUT2D eigenvalue weighted by Crippen LogP contribution is 2.25. The van der Waals surface area contributed by atoms with Crippen molar-refractivity contribution in [2.45, 2.75) is 19.6 Å².